The molecule has 0 spiro atoms. The molecule has 0 saturated heterocycles. The molecule has 164 valence electrons. The lowest BCUT2D eigenvalue weighted by atomic mass is 9.87. The third-order valence-electron chi connectivity index (χ3n) is 4.75. The predicted molar refractivity (Wildman–Crippen MR) is 114 cm³/mol. The van der Waals surface area contributed by atoms with Crippen LogP contribution < -0.4 is 9.46 Å². The maximum atomic E-state index is 14.5. The van der Waals surface area contributed by atoms with Gasteiger partial charge in [0.1, 0.15) is 16.5 Å². The summed E-state index contributed by atoms with van der Waals surface area (Å²) in [7, 11) is -2.91. The number of hydrogen-bond acceptors (Lipinski definition) is 5. The Balaban J connectivity index is 1.86. The number of nitrogens with one attached hydrogen (secondary N) is 1. The molecule has 0 radical (unpaired) electrons. The number of carbonyl (C=O) groups is 1. The minimum atomic E-state index is -4.26. The second-order valence-corrected chi connectivity index (χ2v) is 9.71. The van der Waals surface area contributed by atoms with Crippen molar-refractivity contribution in [1.82, 2.24) is 14.5 Å². The molecule has 0 saturated carbocycles. The molecule has 1 amide bonds. The fourth-order valence-electron chi connectivity index (χ4n) is 2.97. The number of sulfonamides is 1. The molecule has 3 rings (SSSR count). The summed E-state index contributed by atoms with van der Waals surface area (Å²) in [4.78, 5) is 12.4. The summed E-state index contributed by atoms with van der Waals surface area (Å²) in [6, 6.07) is 10.3. The van der Waals surface area contributed by atoms with Crippen LogP contribution in [0.2, 0.25) is 0 Å². The molecule has 0 aliphatic heterocycles. The van der Waals surface area contributed by atoms with Gasteiger partial charge in [0, 0.05) is 23.5 Å². The van der Waals surface area contributed by atoms with Gasteiger partial charge in [0.2, 0.25) is 0 Å². The SMILES string of the molecule is COc1ccc(C(C)(C)C)cc1S(=O)(=O)NC(=O)c1ccc(Cn2cccn2)c(F)c1. The van der Waals surface area contributed by atoms with Crippen LogP contribution in [0.15, 0.2) is 59.8 Å². The van der Waals surface area contributed by atoms with Crippen LogP contribution >= 0.6 is 0 Å². The first-order valence-corrected chi connectivity index (χ1v) is 11.0. The van der Waals surface area contributed by atoms with E-state index >= 15 is 0 Å². The Morgan fingerprint density at radius 1 is 1.19 bits per heavy atom. The average Bonchev–Trinajstić information content (AvgIpc) is 3.21. The van der Waals surface area contributed by atoms with E-state index in [1.165, 1.54) is 30.0 Å². The largest absolute Gasteiger partial charge is 0.495 e. The highest BCUT2D eigenvalue weighted by Crippen LogP contribution is 2.30. The summed E-state index contributed by atoms with van der Waals surface area (Å²) in [5.41, 5.74) is 0.655. The van der Waals surface area contributed by atoms with Crippen molar-refractivity contribution in [3.05, 3.63) is 77.4 Å². The average molecular weight is 446 g/mol. The fraction of sp³-hybridized carbons (Fsp3) is 0.273. The van der Waals surface area contributed by atoms with Gasteiger partial charge in [-0.3, -0.25) is 9.48 Å². The number of aromatic nitrogens is 2. The normalized spacial score (nSPS) is 11.9. The molecule has 1 N–H and O–H groups in total. The molecular weight excluding hydrogens is 421 g/mol. The highest BCUT2D eigenvalue weighted by atomic mass is 32.2. The third kappa shape index (κ3) is 5.11. The Hall–Kier alpha value is -3.20. The van der Waals surface area contributed by atoms with Gasteiger partial charge in [-0.25, -0.2) is 17.5 Å². The molecule has 0 fully saturated rings. The van der Waals surface area contributed by atoms with Crippen molar-refractivity contribution in [2.75, 3.05) is 7.11 Å². The molecule has 2 aromatic carbocycles. The quantitative estimate of drug-likeness (QED) is 0.627. The van der Waals surface area contributed by atoms with Gasteiger partial charge in [-0.1, -0.05) is 32.9 Å². The molecule has 0 unspecified atom stereocenters. The first kappa shape index (κ1) is 22.5. The van der Waals surface area contributed by atoms with Crippen molar-refractivity contribution in [2.24, 2.45) is 0 Å². The maximum absolute atomic E-state index is 14.5. The van der Waals surface area contributed by atoms with Crippen LogP contribution in [0, 0.1) is 5.82 Å². The van der Waals surface area contributed by atoms with Crippen LogP contribution in [0.3, 0.4) is 0 Å². The highest BCUT2D eigenvalue weighted by molar-refractivity contribution is 7.90. The molecule has 0 aliphatic rings. The lowest BCUT2D eigenvalue weighted by molar-refractivity contribution is 0.0981. The minimum Gasteiger partial charge on any atom is -0.495 e. The number of carbonyl (C=O) groups excluding carboxylic acids is 1. The first-order valence-electron chi connectivity index (χ1n) is 9.53. The van der Waals surface area contributed by atoms with E-state index in [2.05, 4.69) is 5.10 Å². The van der Waals surface area contributed by atoms with Crippen molar-refractivity contribution < 1.29 is 22.3 Å². The number of rotatable bonds is 6. The van der Waals surface area contributed by atoms with E-state index in [1.807, 2.05) is 25.5 Å². The fourth-order valence-corrected chi connectivity index (χ4v) is 4.14. The molecule has 1 aromatic heterocycles. The highest BCUT2D eigenvalue weighted by Gasteiger charge is 2.26. The third-order valence-corrected chi connectivity index (χ3v) is 6.11. The summed E-state index contributed by atoms with van der Waals surface area (Å²) in [5.74, 6) is -1.46. The predicted octanol–water partition coefficient (Wildman–Crippen LogP) is 3.50. The van der Waals surface area contributed by atoms with Crippen LogP contribution in [-0.4, -0.2) is 31.2 Å². The van der Waals surface area contributed by atoms with E-state index in [4.69, 9.17) is 4.74 Å². The summed E-state index contributed by atoms with van der Waals surface area (Å²) in [6.07, 6.45) is 3.26. The van der Waals surface area contributed by atoms with Crippen molar-refractivity contribution in [2.45, 2.75) is 37.6 Å². The van der Waals surface area contributed by atoms with Gasteiger partial charge < -0.3 is 4.74 Å². The second kappa shape index (κ2) is 8.50. The number of hydrogen-bond donors (Lipinski definition) is 1. The van der Waals surface area contributed by atoms with E-state index in [9.17, 15) is 17.6 Å². The van der Waals surface area contributed by atoms with Crippen LogP contribution in [-0.2, 0) is 22.0 Å². The Labute approximate surface area is 180 Å². The van der Waals surface area contributed by atoms with Crippen LogP contribution in [0.1, 0.15) is 42.3 Å². The Morgan fingerprint density at radius 3 is 2.52 bits per heavy atom. The van der Waals surface area contributed by atoms with Gasteiger partial charge in [-0.2, -0.15) is 5.10 Å². The second-order valence-electron chi connectivity index (χ2n) is 8.06. The van der Waals surface area contributed by atoms with Crippen LogP contribution in [0.25, 0.3) is 0 Å². The van der Waals surface area contributed by atoms with Gasteiger partial charge in [0.05, 0.1) is 13.7 Å². The van der Waals surface area contributed by atoms with Gasteiger partial charge in [-0.05, 0) is 41.3 Å². The lowest BCUT2D eigenvalue weighted by Crippen LogP contribution is -2.31. The number of nitrogens with zero attached hydrogens (tertiary/aromatic N) is 2. The van der Waals surface area contributed by atoms with Crippen LogP contribution in [0.5, 0.6) is 5.75 Å². The van der Waals surface area contributed by atoms with Crippen molar-refractivity contribution in [3.8, 4) is 5.75 Å². The molecule has 0 atom stereocenters. The summed E-state index contributed by atoms with van der Waals surface area (Å²) in [5, 5.41) is 4.01. The molecule has 0 aliphatic carbocycles. The minimum absolute atomic E-state index is 0.106. The molecule has 0 bridgehead atoms. The van der Waals surface area contributed by atoms with E-state index in [0.717, 1.165) is 11.6 Å². The standard InChI is InChI=1S/C22H24FN3O4S/c1-22(2,3)17-8-9-19(30-4)20(13-17)31(28,29)25-21(27)15-6-7-16(18(23)12-15)14-26-11-5-10-24-26/h5-13H,14H2,1-4H3,(H,25,27). The van der Waals surface area contributed by atoms with Crippen molar-refractivity contribution in [3.63, 3.8) is 0 Å². The summed E-state index contributed by atoms with van der Waals surface area (Å²) >= 11 is 0. The summed E-state index contributed by atoms with van der Waals surface area (Å²) in [6.45, 7) is 6.02. The number of ether oxygens (including phenoxy) is 1. The topological polar surface area (TPSA) is 90.3 Å². The van der Waals surface area contributed by atoms with E-state index in [1.54, 1.807) is 30.6 Å². The maximum Gasteiger partial charge on any atom is 0.268 e. The smallest absolute Gasteiger partial charge is 0.268 e. The Morgan fingerprint density at radius 2 is 1.94 bits per heavy atom. The zero-order chi connectivity index (χ0) is 22.8. The van der Waals surface area contributed by atoms with E-state index in [0.29, 0.717) is 5.56 Å². The van der Waals surface area contributed by atoms with Crippen molar-refractivity contribution in [1.29, 1.82) is 0 Å². The number of benzene rings is 2. The number of methoxy groups -OCH3 is 1. The Kier molecular flexibility index (Phi) is 6.17. The van der Waals surface area contributed by atoms with Gasteiger partial charge in [0.15, 0.2) is 0 Å². The molecule has 7 nitrogen and oxygen atoms in total. The molecular formula is C22H24FN3O4S. The van der Waals surface area contributed by atoms with Crippen molar-refractivity contribution >= 4 is 15.9 Å². The monoisotopic (exact) mass is 445 g/mol. The Bertz CT molecular complexity index is 1200. The number of halogens is 1. The molecule has 3 aromatic rings. The molecule has 31 heavy (non-hydrogen) atoms. The molecule has 1 heterocycles. The van der Waals surface area contributed by atoms with Gasteiger partial charge in [0.25, 0.3) is 15.9 Å². The van der Waals surface area contributed by atoms with Gasteiger partial charge >= 0.3 is 0 Å². The molecule has 9 heteroatoms. The van der Waals surface area contributed by atoms with E-state index < -0.39 is 21.7 Å². The lowest BCUT2D eigenvalue weighted by Gasteiger charge is -2.21. The summed E-state index contributed by atoms with van der Waals surface area (Å²) < 4.78 is 49.0. The zero-order valence-corrected chi connectivity index (χ0v) is 18.5. The zero-order valence-electron chi connectivity index (χ0n) is 17.7. The van der Waals surface area contributed by atoms with Gasteiger partial charge in [-0.15, -0.1) is 0 Å². The number of amides is 1. The first-order chi connectivity index (χ1) is 14.5. The van der Waals surface area contributed by atoms with E-state index in [-0.39, 0.29) is 28.2 Å². The van der Waals surface area contributed by atoms with Crippen LogP contribution in [0.4, 0.5) is 4.39 Å².